The maximum Gasteiger partial charge on any atom is 0.246 e. The first kappa shape index (κ1) is 19.6. The fraction of sp³-hybridized carbons (Fsp3) is 0.182. The lowest BCUT2D eigenvalue weighted by atomic mass is 10.2. The van der Waals surface area contributed by atoms with Gasteiger partial charge in [-0.15, -0.1) is 11.3 Å². The summed E-state index contributed by atoms with van der Waals surface area (Å²) in [7, 11) is 3.35. The first-order valence-electron chi connectivity index (χ1n) is 8.80. The van der Waals surface area contributed by atoms with Crippen molar-refractivity contribution in [2.75, 3.05) is 20.8 Å². The number of methoxy groups -OCH3 is 1. The van der Waals surface area contributed by atoms with Crippen molar-refractivity contribution in [3.8, 4) is 11.5 Å². The van der Waals surface area contributed by atoms with E-state index in [4.69, 9.17) is 9.47 Å². The number of fused-ring (bicyclic) bond motifs is 1. The second-order valence-electron chi connectivity index (χ2n) is 6.11. The molecule has 6 heteroatoms. The van der Waals surface area contributed by atoms with Gasteiger partial charge in [0.25, 0.3) is 0 Å². The molecule has 0 radical (unpaired) electrons. The first-order chi connectivity index (χ1) is 13.6. The minimum Gasteiger partial charge on any atom is -0.493 e. The van der Waals surface area contributed by atoms with Gasteiger partial charge in [0.2, 0.25) is 5.91 Å². The Morgan fingerprint density at radius 1 is 1.25 bits per heavy atom. The van der Waals surface area contributed by atoms with Crippen LogP contribution in [0.1, 0.15) is 10.6 Å². The van der Waals surface area contributed by atoms with Crippen LogP contribution in [0.3, 0.4) is 0 Å². The van der Waals surface area contributed by atoms with Gasteiger partial charge in [-0.05, 0) is 35.9 Å². The van der Waals surface area contributed by atoms with E-state index < -0.39 is 0 Å². The van der Waals surface area contributed by atoms with Gasteiger partial charge < -0.3 is 14.4 Å². The minimum absolute atomic E-state index is 0.0924. The lowest BCUT2D eigenvalue weighted by Gasteiger charge is -2.13. The van der Waals surface area contributed by atoms with Crippen LogP contribution < -0.4 is 9.47 Å². The molecule has 1 aromatic heterocycles. The van der Waals surface area contributed by atoms with E-state index in [1.807, 2.05) is 42.5 Å². The summed E-state index contributed by atoms with van der Waals surface area (Å²) in [5.74, 6) is 1.16. The van der Waals surface area contributed by atoms with Gasteiger partial charge in [0.05, 0.1) is 23.9 Å². The number of nitrogens with zero attached hydrogens (tertiary/aromatic N) is 2. The van der Waals surface area contributed by atoms with Gasteiger partial charge >= 0.3 is 0 Å². The number of rotatable bonds is 8. The van der Waals surface area contributed by atoms with E-state index in [-0.39, 0.29) is 5.91 Å². The first-order valence-corrected chi connectivity index (χ1v) is 9.61. The number of likely N-dealkylation sites (N-methyl/N-ethyl adjacent to an activating group) is 1. The van der Waals surface area contributed by atoms with Crippen molar-refractivity contribution in [3.05, 3.63) is 71.8 Å². The monoisotopic (exact) mass is 394 g/mol. The van der Waals surface area contributed by atoms with Crippen molar-refractivity contribution in [1.29, 1.82) is 0 Å². The highest BCUT2D eigenvalue weighted by Gasteiger charge is 2.10. The third kappa shape index (κ3) is 4.78. The molecule has 1 amide bonds. The van der Waals surface area contributed by atoms with Gasteiger partial charge in [-0.2, -0.15) is 0 Å². The van der Waals surface area contributed by atoms with Gasteiger partial charge in [0, 0.05) is 13.1 Å². The number of benzene rings is 2. The lowest BCUT2D eigenvalue weighted by Crippen LogP contribution is -2.23. The Bertz CT molecular complexity index is 977. The molecule has 0 fully saturated rings. The Kier molecular flexibility index (Phi) is 6.45. The van der Waals surface area contributed by atoms with E-state index in [1.165, 1.54) is 0 Å². The number of aromatic nitrogens is 1. The predicted octanol–water partition coefficient (Wildman–Crippen LogP) is 4.54. The average molecular weight is 394 g/mol. The van der Waals surface area contributed by atoms with Crippen LogP contribution in [0.2, 0.25) is 0 Å². The molecule has 3 aromatic rings. The molecule has 0 saturated carbocycles. The summed E-state index contributed by atoms with van der Waals surface area (Å²) < 4.78 is 12.0. The van der Waals surface area contributed by atoms with Crippen molar-refractivity contribution >= 4 is 33.5 Å². The highest BCUT2D eigenvalue weighted by Crippen LogP contribution is 2.28. The second-order valence-corrected chi connectivity index (χ2v) is 7.23. The zero-order valence-electron chi connectivity index (χ0n) is 15.9. The molecule has 1 heterocycles. The number of amides is 1. The SMILES string of the molecule is C=CCOc1ccc(/C=C/C(=O)N(C)Cc2nc3ccccc3s2)cc1OC. The largest absolute Gasteiger partial charge is 0.493 e. The Morgan fingerprint density at radius 3 is 2.82 bits per heavy atom. The third-order valence-electron chi connectivity index (χ3n) is 4.05. The average Bonchev–Trinajstić information content (AvgIpc) is 3.12. The second kappa shape index (κ2) is 9.19. The van der Waals surface area contributed by atoms with Gasteiger partial charge in [-0.25, -0.2) is 4.98 Å². The Morgan fingerprint density at radius 2 is 2.07 bits per heavy atom. The van der Waals surface area contributed by atoms with E-state index in [9.17, 15) is 4.79 Å². The van der Waals surface area contributed by atoms with Gasteiger partial charge in [0.1, 0.15) is 11.6 Å². The van der Waals surface area contributed by atoms with Crippen molar-refractivity contribution in [1.82, 2.24) is 9.88 Å². The number of carbonyl (C=O) groups excluding carboxylic acids is 1. The minimum atomic E-state index is -0.0924. The predicted molar refractivity (Wildman–Crippen MR) is 114 cm³/mol. The van der Waals surface area contributed by atoms with Crippen molar-refractivity contribution in [2.45, 2.75) is 6.54 Å². The molecule has 0 N–H and O–H groups in total. The maximum absolute atomic E-state index is 12.4. The third-order valence-corrected chi connectivity index (χ3v) is 5.07. The zero-order chi connectivity index (χ0) is 19.9. The van der Waals surface area contributed by atoms with Crippen molar-refractivity contribution < 1.29 is 14.3 Å². The highest BCUT2D eigenvalue weighted by molar-refractivity contribution is 7.18. The van der Waals surface area contributed by atoms with Gasteiger partial charge in [-0.1, -0.05) is 30.9 Å². The number of hydrogen-bond acceptors (Lipinski definition) is 5. The number of carbonyl (C=O) groups is 1. The molecular weight excluding hydrogens is 372 g/mol. The van der Waals surface area contributed by atoms with Crippen LogP contribution in [0.4, 0.5) is 0 Å². The van der Waals surface area contributed by atoms with Crippen LogP contribution in [0.5, 0.6) is 11.5 Å². The summed E-state index contributed by atoms with van der Waals surface area (Å²) in [5, 5.41) is 0.913. The zero-order valence-corrected chi connectivity index (χ0v) is 16.7. The van der Waals surface area contributed by atoms with Crippen LogP contribution in [0.15, 0.2) is 61.2 Å². The number of thiazole rings is 1. The molecule has 5 nitrogen and oxygen atoms in total. The van der Waals surface area contributed by atoms with Crippen LogP contribution in [-0.2, 0) is 11.3 Å². The Labute approximate surface area is 168 Å². The number of hydrogen-bond donors (Lipinski definition) is 0. The highest BCUT2D eigenvalue weighted by atomic mass is 32.1. The normalized spacial score (nSPS) is 10.9. The summed E-state index contributed by atoms with van der Waals surface area (Å²) in [6.45, 7) is 4.51. The van der Waals surface area contributed by atoms with Crippen LogP contribution >= 0.6 is 11.3 Å². The van der Waals surface area contributed by atoms with Crippen LogP contribution in [0, 0.1) is 0 Å². The standard InChI is InChI=1S/C22H22N2O3S/c1-4-13-27-18-11-9-16(14-19(18)26-3)10-12-22(25)24(2)15-21-23-17-7-5-6-8-20(17)28-21/h4-12,14H,1,13,15H2,2-3H3/b12-10+. The molecule has 0 unspecified atom stereocenters. The summed E-state index contributed by atoms with van der Waals surface area (Å²) in [5.41, 5.74) is 1.81. The molecule has 0 saturated heterocycles. The van der Waals surface area contributed by atoms with E-state index in [0.717, 1.165) is 20.8 Å². The fourth-order valence-corrected chi connectivity index (χ4v) is 3.64. The van der Waals surface area contributed by atoms with Crippen molar-refractivity contribution in [2.24, 2.45) is 0 Å². The fourth-order valence-electron chi connectivity index (χ4n) is 2.62. The molecule has 0 aliphatic rings. The molecule has 0 aliphatic carbocycles. The molecule has 28 heavy (non-hydrogen) atoms. The Hall–Kier alpha value is -3.12. The smallest absolute Gasteiger partial charge is 0.246 e. The van der Waals surface area contributed by atoms with Crippen molar-refractivity contribution in [3.63, 3.8) is 0 Å². The Balaban J connectivity index is 1.65. The molecule has 0 spiro atoms. The molecule has 144 valence electrons. The molecule has 0 atom stereocenters. The summed E-state index contributed by atoms with van der Waals surface area (Å²) >= 11 is 1.60. The van der Waals surface area contributed by atoms with E-state index in [0.29, 0.717) is 24.7 Å². The van der Waals surface area contributed by atoms with Crippen LogP contribution in [-0.4, -0.2) is 36.6 Å². The quantitative estimate of drug-likeness (QED) is 0.416. The molecule has 3 rings (SSSR count). The summed E-state index contributed by atoms with van der Waals surface area (Å²) in [6.07, 6.45) is 4.98. The molecular formula is C22H22N2O3S. The van der Waals surface area contributed by atoms with Crippen LogP contribution in [0.25, 0.3) is 16.3 Å². The lowest BCUT2D eigenvalue weighted by molar-refractivity contribution is -0.125. The summed E-state index contributed by atoms with van der Waals surface area (Å²) in [4.78, 5) is 18.7. The van der Waals surface area contributed by atoms with Gasteiger partial charge in [-0.3, -0.25) is 4.79 Å². The molecule has 0 aliphatic heterocycles. The van der Waals surface area contributed by atoms with E-state index in [2.05, 4.69) is 11.6 Å². The van der Waals surface area contributed by atoms with Gasteiger partial charge in [0.15, 0.2) is 11.5 Å². The molecule has 0 bridgehead atoms. The topological polar surface area (TPSA) is 51.7 Å². The maximum atomic E-state index is 12.4. The number of para-hydroxylation sites is 1. The van der Waals surface area contributed by atoms with E-state index in [1.54, 1.807) is 48.6 Å². The number of ether oxygens (including phenoxy) is 2. The van der Waals surface area contributed by atoms with E-state index >= 15 is 0 Å². The molecule has 2 aromatic carbocycles. The summed E-state index contributed by atoms with van der Waals surface area (Å²) in [6, 6.07) is 13.5.